The first-order valence-electron chi connectivity index (χ1n) is 4.60. The Morgan fingerprint density at radius 1 is 0.783 bits per heavy atom. The number of rotatable bonds is 3. The van der Waals surface area contributed by atoms with Gasteiger partial charge in [0.25, 0.3) is 0 Å². The van der Waals surface area contributed by atoms with Crippen molar-refractivity contribution < 1.29 is 114 Å². The molecule has 0 saturated carbocycles. The molecule has 130 valence electrons. The second kappa shape index (κ2) is 5.62. The Balaban J connectivity index is 0.00000484. The Morgan fingerprint density at radius 2 is 1.04 bits per heavy atom. The van der Waals surface area contributed by atoms with Crippen LogP contribution in [0, 0.1) is 0 Å². The summed E-state index contributed by atoms with van der Waals surface area (Å²) in [5, 5.41) is 9.74. The van der Waals surface area contributed by atoms with Gasteiger partial charge in [0, 0.05) is 0 Å². The number of carboxylic acid groups (broad SMARTS) is 1. The van der Waals surface area contributed by atoms with Crippen molar-refractivity contribution in [1.82, 2.24) is 4.90 Å². The fourth-order valence-corrected chi connectivity index (χ4v) is 1.45. The predicted octanol–water partition coefficient (Wildman–Crippen LogP) is -1.26. The summed E-state index contributed by atoms with van der Waals surface area (Å²) in [4.78, 5) is 5.92. The van der Waals surface area contributed by atoms with Crippen molar-refractivity contribution in [1.29, 1.82) is 0 Å². The van der Waals surface area contributed by atoms with Crippen LogP contribution in [0.1, 0.15) is 0 Å². The third kappa shape index (κ3) is 2.51. The van der Waals surface area contributed by atoms with Crippen molar-refractivity contribution in [2.45, 2.75) is 35.9 Å². The Kier molecular flexibility index (Phi) is 5.67. The molecule has 0 aromatic carbocycles. The summed E-state index contributed by atoms with van der Waals surface area (Å²) in [6.07, 6.45) is 0. The number of halogens is 12. The van der Waals surface area contributed by atoms with Gasteiger partial charge in [-0.15, -0.1) is 4.90 Å². The number of hydrogen-bond acceptors (Lipinski definition) is 3. The van der Waals surface area contributed by atoms with E-state index in [-0.39, 0.29) is 51.4 Å². The van der Waals surface area contributed by atoms with Gasteiger partial charge < -0.3 is 9.90 Å². The van der Waals surface area contributed by atoms with E-state index in [0.717, 1.165) is 0 Å². The smallest absolute Gasteiger partial charge is 0.544 e. The second-order valence-electron chi connectivity index (χ2n) is 3.97. The number of carboxylic acids is 1. The molecule has 1 fully saturated rings. The van der Waals surface area contributed by atoms with Gasteiger partial charge in [0.15, 0.2) is 0 Å². The topological polar surface area (TPSA) is 43.4 Å². The van der Waals surface area contributed by atoms with Gasteiger partial charge in [0.05, 0.1) is 0 Å². The Hall–Kier alpha value is 0.226. The molecule has 0 aromatic heterocycles. The minimum absolute atomic E-state index is 0. The average molecular weight is 397 g/mol. The van der Waals surface area contributed by atoms with Crippen LogP contribution in [-0.4, -0.2) is 46.8 Å². The van der Waals surface area contributed by atoms with Crippen molar-refractivity contribution in [2.24, 2.45) is 0 Å². The molecular formula is C7F12KNO2. The number of carbonyl (C=O) groups excluding carboxylic acids is 1. The number of alkyl halides is 12. The molecule has 0 aliphatic carbocycles. The molecule has 1 aliphatic heterocycles. The van der Waals surface area contributed by atoms with Crippen molar-refractivity contribution in [3.63, 3.8) is 0 Å². The summed E-state index contributed by atoms with van der Waals surface area (Å²) >= 11 is 0. The van der Waals surface area contributed by atoms with Crippen LogP contribution < -0.4 is 56.5 Å². The summed E-state index contributed by atoms with van der Waals surface area (Å²) in [6, 6.07) is -21.8. The van der Waals surface area contributed by atoms with Gasteiger partial charge in [-0.05, 0) is 0 Å². The Bertz CT molecular complexity index is 480. The Morgan fingerprint density at radius 3 is 1.26 bits per heavy atom. The summed E-state index contributed by atoms with van der Waals surface area (Å²) < 4.78 is 153. The van der Waals surface area contributed by atoms with Gasteiger partial charge in [0.2, 0.25) is 0 Å². The van der Waals surface area contributed by atoms with Gasteiger partial charge in [-0.1, -0.05) is 0 Å². The van der Waals surface area contributed by atoms with Gasteiger partial charge in [0.1, 0.15) is 5.97 Å². The van der Waals surface area contributed by atoms with Crippen LogP contribution in [0.4, 0.5) is 52.7 Å². The quantitative estimate of drug-likeness (QED) is 0.340. The molecule has 1 saturated heterocycles. The monoisotopic (exact) mass is 397 g/mol. The molecular weight excluding hydrogens is 397 g/mol. The molecule has 0 spiro atoms. The van der Waals surface area contributed by atoms with Crippen LogP contribution in [0.25, 0.3) is 0 Å². The van der Waals surface area contributed by atoms with Crippen LogP contribution in [0.2, 0.25) is 0 Å². The van der Waals surface area contributed by atoms with E-state index in [0.29, 0.717) is 0 Å². The van der Waals surface area contributed by atoms with Crippen molar-refractivity contribution in [3.8, 4) is 0 Å². The third-order valence-electron chi connectivity index (χ3n) is 2.63. The van der Waals surface area contributed by atoms with Gasteiger partial charge in [-0.25, -0.2) is 0 Å². The van der Waals surface area contributed by atoms with E-state index in [1.807, 2.05) is 0 Å². The molecule has 1 heterocycles. The van der Waals surface area contributed by atoms with Gasteiger partial charge >= 0.3 is 87.3 Å². The molecule has 0 aromatic rings. The fraction of sp³-hybridized carbons (Fsp3) is 0.857. The largest absolute Gasteiger partial charge is 1.00 e. The van der Waals surface area contributed by atoms with E-state index in [1.165, 1.54) is 0 Å². The molecule has 1 aliphatic rings. The number of hydrogen-bond donors (Lipinski definition) is 0. The summed E-state index contributed by atoms with van der Waals surface area (Å²) in [5.74, 6) is -25.6. The normalized spacial score (nSPS) is 25.7. The van der Waals surface area contributed by atoms with Crippen molar-refractivity contribution >= 4 is 5.97 Å². The zero-order chi connectivity index (χ0) is 18.2. The maximum Gasteiger partial charge on any atom is 1.00 e. The standard InChI is InChI=1S/C7HF12NO2.K/c8-2(9,1(21)22)5(14,15)20-6(16,17)3(10,11)4(12,13)7(20,18)19;/h(H,21,22);/q;+1/p-1. The molecule has 0 bridgehead atoms. The van der Waals surface area contributed by atoms with E-state index in [1.54, 1.807) is 0 Å². The molecule has 0 amide bonds. The maximum atomic E-state index is 13.0. The van der Waals surface area contributed by atoms with Crippen LogP contribution in [0.15, 0.2) is 0 Å². The van der Waals surface area contributed by atoms with Gasteiger partial charge in [-0.3, -0.25) is 0 Å². The molecule has 0 unspecified atom stereocenters. The minimum Gasteiger partial charge on any atom is -0.544 e. The summed E-state index contributed by atoms with van der Waals surface area (Å²) in [6.45, 7) is 0. The first kappa shape index (κ1) is 23.2. The minimum atomic E-state index is -7.35. The molecule has 3 nitrogen and oxygen atoms in total. The van der Waals surface area contributed by atoms with E-state index in [2.05, 4.69) is 0 Å². The van der Waals surface area contributed by atoms with Gasteiger partial charge in [-0.2, -0.15) is 52.7 Å². The number of likely N-dealkylation sites (tertiary alicyclic amines) is 1. The zero-order valence-corrected chi connectivity index (χ0v) is 13.4. The first-order valence-corrected chi connectivity index (χ1v) is 4.60. The molecule has 0 atom stereocenters. The predicted molar refractivity (Wildman–Crippen MR) is 36.5 cm³/mol. The average Bonchev–Trinajstić information content (AvgIpc) is 2.32. The fourth-order valence-electron chi connectivity index (χ4n) is 1.45. The first-order chi connectivity index (χ1) is 9.31. The number of nitrogens with zero attached hydrogens (tertiary/aromatic N) is 1. The summed E-state index contributed by atoms with van der Waals surface area (Å²) in [5.41, 5.74) is 0. The zero-order valence-electron chi connectivity index (χ0n) is 10.3. The molecule has 23 heavy (non-hydrogen) atoms. The van der Waals surface area contributed by atoms with Crippen LogP contribution in [0.5, 0.6) is 0 Å². The van der Waals surface area contributed by atoms with Crippen LogP contribution >= 0.6 is 0 Å². The SMILES string of the molecule is O=C([O-])C(F)(F)C(F)(F)N1C(F)(F)C(F)(F)C(F)(F)C1(F)F.[K+]. The van der Waals surface area contributed by atoms with Crippen LogP contribution in [0.3, 0.4) is 0 Å². The molecule has 1 rings (SSSR count). The molecule has 16 heteroatoms. The van der Waals surface area contributed by atoms with Crippen molar-refractivity contribution in [3.05, 3.63) is 0 Å². The second-order valence-corrected chi connectivity index (χ2v) is 3.97. The third-order valence-corrected chi connectivity index (χ3v) is 2.63. The van der Waals surface area contributed by atoms with Crippen LogP contribution in [-0.2, 0) is 4.79 Å². The van der Waals surface area contributed by atoms with E-state index in [4.69, 9.17) is 0 Å². The van der Waals surface area contributed by atoms with E-state index >= 15 is 0 Å². The van der Waals surface area contributed by atoms with Crippen molar-refractivity contribution in [2.75, 3.05) is 0 Å². The van der Waals surface area contributed by atoms with E-state index < -0.39 is 46.8 Å². The number of carbonyl (C=O) groups is 1. The Labute approximate surface area is 160 Å². The maximum absolute atomic E-state index is 13.0. The summed E-state index contributed by atoms with van der Waals surface area (Å²) in [7, 11) is 0. The molecule has 0 radical (unpaired) electrons. The van der Waals surface area contributed by atoms with E-state index in [9.17, 15) is 62.6 Å². The molecule has 0 N–H and O–H groups in total. The number of aliphatic carboxylic acids is 1.